The Kier molecular flexibility index (Phi) is 6.31. The summed E-state index contributed by atoms with van der Waals surface area (Å²) in [5.41, 5.74) is 3.93. The normalized spacial score (nSPS) is 12.8. The van der Waals surface area contributed by atoms with E-state index in [-0.39, 0.29) is 12.2 Å². The number of hydrogen-bond acceptors (Lipinski definition) is 2. The molecule has 2 rings (SSSR count). The third-order valence-electron chi connectivity index (χ3n) is 4.46. The van der Waals surface area contributed by atoms with Crippen molar-refractivity contribution in [2.75, 3.05) is 0 Å². The Morgan fingerprint density at radius 3 is 1.73 bits per heavy atom. The molecule has 0 saturated heterocycles. The first-order valence-electron chi connectivity index (χ1n) is 9.59. The largest absolute Gasteiger partial charge is 0.368 e. The third-order valence-corrected chi connectivity index (χ3v) is 4.46. The minimum Gasteiger partial charge on any atom is -0.368 e. The highest BCUT2D eigenvalue weighted by Gasteiger charge is 2.35. The number of hydrogen-bond donors (Lipinski definition) is 0. The summed E-state index contributed by atoms with van der Waals surface area (Å²) < 4.78 is 12.7. The minimum absolute atomic E-state index is 0.135. The van der Waals surface area contributed by atoms with Gasteiger partial charge in [-0.3, -0.25) is 0 Å². The summed E-state index contributed by atoms with van der Waals surface area (Å²) in [7, 11) is 0. The van der Waals surface area contributed by atoms with E-state index in [0.717, 1.165) is 0 Å². The Labute approximate surface area is 159 Å². The van der Waals surface area contributed by atoms with Crippen LogP contribution in [0.3, 0.4) is 0 Å². The predicted molar refractivity (Wildman–Crippen MR) is 110 cm³/mol. The first kappa shape index (κ1) is 20.7. The monoisotopic (exact) mass is 354 g/mol. The quantitative estimate of drug-likeness (QED) is 0.552. The van der Waals surface area contributed by atoms with Crippen molar-refractivity contribution < 1.29 is 9.47 Å². The maximum Gasteiger partial charge on any atom is 0.0888 e. The van der Waals surface area contributed by atoms with Gasteiger partial charge in [-0.15, -0.1) is 0 Å². The summed E-state index contributed by atoms with van der Waals surface area (Å²) in [6.07, 6.45) is 0.281. The topological polar surface area (TPSA) is 18.5 Å². The molecular weight excluding hydrogens is 320 g/mol. The van der Waals surface area contributed by atoms with E-state index in [9.17, 15) is 0 Å². The molecule has 0 heterocycles. The van der Waals surface area contributed by atoms with Gasteiger partial charge in [0, 0.05) is 0 Å². The zero-order valence-corrected chi connectivity index (χ0v) is 17.6. The van der Waals surface area contributed by atoms with Crippen LogP contribution < -0.4 is 0 Å². The molecule has 0 radical (unpaired) electrons. The van der Waals surface area contributed by atoms with Crippen LogP contribution in [0.1, 0.15) is 66.5 Å². The van der Waals surface area contributed by atoms with E-state index in [0.29, 0.717) is 0 Å². The molecule has 0 unspecified atom stereocenters. The fourth-order valence-corrected chi connectivity index (χ4v) is 3.86. The van der Waals surface area contributed by atoms with Crippen molar-refractivity contribution in [3.63, 3.8) is 0 Å². The zero-order chi connectivity index (χ0) is 19.5. The van der Waals surface area contributed by atoms with Crippen molar-refractivity contribution in [2.24, 2.45) is 0 Å². The van der Waals surface area contributed by atoms with Gasteiger partial charge in [0.05, 0.1) is 23.4 Å². The summed E-state index contributed by atoms with van der Waals surface area (Å²) in [4.78, 5) is 0. The van der Waals surface area contributed by atoms with Crippen LogP contribution in [0.25, 0.3) is 11.1 Å². The van der Waals surface area contributed by atoms with Crippen molar-refractivity contribution in [3.8, 4) is 11.1 Å². The first-order chi connectivity index (χ1) is 12.0. The molecule has 2 nitrogen and oxygen atoms in total. The van der Waals surface area contributed by atoms with Gasteiger partial charge in [0.15, 0.2) is 0 Å². The van der Waals surface area contributed by atoms with Crippen LogP contribution in [0.5, 0.6) is 0 Å². The summed E-state index contributed by atoms with van der Waals surface area (Å²) in [6, 6.07) is 17.0. The summed E-state index contributed by atoms with van der Waals surface area (Å²) in [5, 5.41) is 0. The second-order valence-electron chi connectivity index (χ2n) is 8.45. The Bertz CT molecular complexity index is 712. The van der Waals surface area contributed by atoms with Crippen molar-refractivity contribution in [1.82, 2.24) is 0 Å². The lowest BCUT2D eigenvalue weighted by Gasteiger charge is -2.38. The number of ether oxygens (including phenoxy) is 2. The maximum absolute atomic E-state index is 6.37. The lowest BCUT2D eigenvalue weighted by Crippen LogP contribution is -2.33. The van der Waals surface area contributed by atoms with Gasteiger partial charge in [0.25, 0.3) is 0 Å². The molecule has 0 aromatic heterocycles. The molecule has 0 amide bonds. The Morgan fingerprint density at radius 1 is 0.654 bits per heavy atom. The molecular formula is C24H34O2. The molecule has 0 fully saturated rings. The molecule has 142 valence electrons. The molecule has 2 aromatic carbocycles. The van der Waals surface area contributed by atoms with Gasteiger partial charge in [0.2, 0.25) is 0 Å². The number of rotatable bonds is 7. The van der Waals surface area contributed by atoms with Gasteiger partial charge >= 0.3 is 0 Å². The SMILES string of the molecule is CC(C)OC(C)(C)c1cccc(-c2ccccc2)c1C(C)(C)OC(C)C. The minimum atomic E-state index is -0.437. The highest BCUT2D eigenvalue weighted by atomic mass is 16.5. The number of benzene rings is 2. The fraction of sp³-hybridized carbons (Fsp3) is 0.500. The molecule has 0 aliphatic carbocycles. The van der Waals surface area contributed by atoms with Gasteiger partial charge in [-0.2, -0.15) is 0 Å². The van der Waals surface area contributed by atoms with Crippen molar-refractivity contribution >= 4 is 0 Å². The molecule has 0 aliphatic heterocycles. The van der Waals surface area contributed by atoms with Crippen LogP contribution in [-0.2, 0) is 20.7 Å². The second-order valence-corrected chi connectivity index (χ2v) is 8.45. The predicted octanol–water partition coefficient (Wildman–Crippen LogP) is 6.67. The Morgan fingerprint density at radius 2 is 1.19 bits per heavy atom. The Hall–Kier alpha value is -1.64. The van der Waals surface area contributed by atoms with E-state index in [1.54, 1.807) is 0 Å². The highest BCUT2D eigenvalue weighted by molar-refractivity contribution is 5.70. The van der Waals surface area contributed by atoms with E-state index in [4.69, 9.17) is 9.47 Å². The molecule has 2 heteroatoms. The third kappa shape index (κ3) is 4.75. The van der Waals surface area contributed by atoms with E-state index >= 15 is 0 Å². The van der Waals surface area contributed by atoms with E-state index < -0.39 is 11.2 Å². The Balaban J connectivity index is 2.73. The smallest absolute Gasteiger partial charge is 0.0888 e. The molecule has 0 atom stereocenters. The summed E-state index contributed by atoms with van der Waals surface area (Å²) in [6.45, 7) is 16.9. The van der Waals surface area contributed by atoms with Gasteiger partial charge in [-0.1, -0.05) is 48.5 Å². The molecule has 0 bridgehead atoms. The van der Waals surface area contributed by atoms with Crippen molar-refractivity contribution in [2.45, 2.75) is 78.8 Å². The van der Waals surface area contributed by atoms with Crippen LogP contribution in [0.4, 0.5) is 0 Å². The molecule has 0 saturated carbocycles. The second kappa shape index (κ2) is 7.94. The van der Waals surface area contributed by atoms with Crippen LogP contribution in [0, 0.1) is 0 Å². The van der Waals surface area contributed by atoms with Crippen molar-refractivity contribution in [1.29, 1.82) is 0 Å². The average Bonchev–Trinajstić information content (AvgIpc) is 2.52. The lowest BCUT2D eigenvalue weighted by atomic mass is 9.80. The van der Waals surface area contributed by atoms with Gasteiger partial charge in [-0.25, -0.2) is 0 Å². The molecule has 2 aromatic rings. The zero-order valence-electron chi connectivity index (χ0n) is 17.6. The maximum atomic E-state index is 6.37. The molecule has 0 spiro atoms. The van der Waals surface area contributed by atoms with E-state index in [1.807, 2.05) is 0 Å². The van der Waals surface area contributed by atoms with Gasteiger partial charge in [-0.05, 0) is 77.6 Å². The van der Waals surface area contributed by atoms with Gasteiger partial charge < -0.3 is 9.47 Å². The molecule has 0 aliphatic rings. The molecule has 0 N–H and O–H groups in total. The molecule has 26 heavy (non-hydrogen) atoms. The van der Waals surface area contributed by atoms with Gasteiger partial charge in [0.1, 0.15) is 0 Å². The van der Waals surface area contributed by atoms with E-state index in [1.165, 1.54) is 22.3 Å². The summed E-state index contributed by atoms with van der Waals surface area (Å²) >= 11 is 0. The highest BCUT2D eigenvalue weighted by Crippen LogP contribution is 2.42. The van der Waals surface area contributed by atoms with Crippen molar-refractivity contribution in [3.05, 3.63) is 59.7 Å². The van der Waals surface area contributed by atoms with E-state index in [2.05, 4.69) is 104 Å². The first-order valence-corrected chi connectivity index (χ1v) is 9.59. The van der Waals surface area contributed by atoms with Crippen LogP contribution in [0.15, 0.2) is 48.5 Å². The lowest BCUT2D eigenvalue weighted by molar-refractivity contribution is -0.0770. The average molecular weight is 355 g/mol. The van der Waals surface area contributed by atoms with Crippen LogP contribution in [0.2, 0.25) is 0 Å². The van der Waals surface area contributed by atoms with Crippen LogP contribution in [-0.4, -0.2) is 12.2 Å². The standard InChI is InChI=1S/C24H34O2/c1-17(2)25-23(5,6)21-16-12-15-20(19-13-10-9-11-14-19)22(21)24(7,8)26-18(3)4/h9-18H,1-8H3. The summed E-state index contributed by atoms with van der Waals surface area (Å²) in [5.74, 6) is 0. The van der Waals surface area contributed by atoms with Crippen LogP contribution >= 0.6 is 0 Å². The fourth-order valence-electron chi connectivity index (χ4n) is 3.86.